The summed E-state index contributed by atoms with van der Waals surface area (Å²) in [5, 5.41) is 1.21. The summed E-state index contributed by atoms with van der Waals surface area (Å²) in [6, 6.07) is 12.7. The van der Waals surface area contributed by atoms with Crippen LogP contribution in [0.2, 0.25) is 0 Å². The van der Waals surface area contributed by atoms with E-state index in [9.17, 15) is 13.2 Å². The molecule has 0 unspecified atom stereocenters. The van der Waals surface area contributed by atoms with Gasteiger partial charge in [-0.2, -0.15) is 0 Å². The molecule has 0 fully saturated rings. The van der Waals surface area contributed by atoms with E-state index in [0.29, 0.717) is 5.56 Å². The molecule has 1 amide bonds. The fourth-order valence-electron chi connectivity index (χ4n) is 3.21. The molecule has 130 valence electrons. The molecule has 1 aliphatic rings. The van der Waals surface area contributed by atoms with Gasteiger partial charge in [0.25, 0.3) is 5.91 Å². The highest BCUT2D eigenvalue weighted by atomic mass is 32.2. The molecule has 5 heteroatoms. The number of aryl methyl sites for hydroxylation is 3. The fraction of sp³-hybridized carbons (Fsp3) is 0.250. The van der Waals surface area contributed by atoms with Crippen molar-refractivity contribution in [2.45, 2.75) is 26.8 Å². The lowest BCUT2D eigenvalue weighted by Crippen LogP contribution is -2.41. The number of hydrogen-bond donors (Lipinski definition) is 0. The lowest BCUT2D eigenvalue weighted by Gasteiger charge is -2.29. The molecule has 0 saturated carbocycles. The van der Waals surface area contributed by atoms with E-state index in [1.807, 2.05) is 57.2 Å². The normalized spacial score (nSPS) is 18.3. The summed E-state index contributed by atoms with van der Waals surface area (Å²) < 4.78 is 23.8. The second-order valence-corrected chi connectivity index (χ2v) is 8.49. The van der Waals surface area contributed by atoms with Crippen LogP contribution in [0.3, 0.4) is 0 Å². The third-order valence-corrected chi connectivity index (χ3v) is 5.70. The Balaban J connectivity index is 2.11. The quantitative estimate of drug-likeness (QED) is 0.846. The molecule has 0 aromatic heterocycles. The Morgan fingerprint density at radius 3 is 2.24 bits per heavy atom. The van der Waals surface area contributed by atoms with E-state index >= 15 is 0 Å². The molecule has 2 aromatic carbocycles. The lowest BCUT2D eigenvalue weighted by atomic mass is 10.0. The number of sulfone groups is 1. The van der Waals surface area contributed by atoms with Gasteiger partial charge in [0, 0.05) is 16.7 Å². The number of anilines is 1. The Labute approximate surface area is 148 Å². The molecule has 0 N–H and O–H groups in total. The van der Waals surface area contributed by atoms with Crippen LogP contribution in [-0.4, -0.2) is 26.1 Å². The second kappa shape index (κ2) is 6.48. The van der Waals surface area contributed by atoms with Crippen molar-refractivity contribution < 1.29 is 13.2 Å². The molecule has 0 bridgehead atoms. The summed E-state index contributed by atoms with van der Waals surface area (Å²) in [5.74, 6) is -0.271. The zero-order valence-electron chi connectivity index (χ0n) is 14.6. The number of nitrogens with zero attached hydrogens (tertiary/aromatic N) is 1. The highest BCUT2D eigenvalue weighted by Gasteiger charge is 2.32. The molecule has 0 aliphatic carbocycles. The van der Waals surface area contributed by atoms with E-state index < -0.39 is 15.9 Å². The minimum absolute atomic E-state index is 0.0857. The van der Waals surface area contributed by atoms with Crippen molar-refractivity contribution in [1.29, 1.82) is 0 Å². The molecular weight excluding hydrogens is 334 g/mol. The van der Waals surface area contributed by atoms with Gasteiger partial charge in [0.15, 0.2) is 9.84 Å². The predicted octanol–water partition coefficient (Wildman–Crippen LogP) is 3.57. The third kappa shape index (κ3) is 3.66. The number of amides is 1. The van der Waals surface area contributed by atoms with Crippen LogP contribution in [0.5, 0.6) is 0 Å². The fourth-order valence-corrected chi connectivity index (χ4v) is 4.48. The Hall–Kier alpha value is -2.40. The first kappa shape index (κ1) is 17.4. The van der Waals surface area contributed by atoms with Gasteiger partial charge in [-0.15, -0.1) is 0 Å². The van der Waals surface area contributed by atoms with Crippen LogP contribution < -0.4 is 4.90 Å². The van der Waals surface area contributed by atoms with E-state index in [1.54, 1.807) is 17.0 Å². The van der Waals surface area contributed by atoms with Gasteiger partial charge in [0.1, 0.15) is 0 Å². The molecule has 0 spiro atoms. The summed E-state index contributed by atoms with van der Waals surface area (Å²) in [7, 11) is -3.27. The van der Waals surface area contributed by atoms with E-state index in [1.165, 1.54) is 5.41 Å². The number of rotatable bonds is 3. The maximum absolute atomic E-state index is 13.3. The number of carbonyl (C=O) groups is 1. The van der Waals surface area contributed by atoms with Crippen LogP contribution >= 0.6 is 0 Å². The van der Waals surface area contributed by atoms with Crippen molar-refractivity contribution in [3.8, 4) is 0 Å². The Morgan fingerprint density at radius 1 is 1.04 bits per heavy atom. The van der Waals surface area contributed by atoms with Crippen LogP contribution in [0.15, 0.2) is 53.9 Å². The molecule has 4 nitrogen and oxygen atoms in total. The molecule has 3 rings (SSSR count). The van der Waals surface area contributed by atoms with Crippen LogP contribution in [0.4, 0.5) is 5.69 Å². The molecule has 2 aromatic rings. The minimum atomic E-state index is -3.27. The van der Waals surface area contributed by atoms with Gasteiger partial charge in [-0.3, -0.25) is 4.79 Å². The van der Waals surface area contributed by atoms with Crippen LogP contribution in [0, 0.1) is 20.8 Å². The van der Waals surface area contributed by atoms with Crippen LogP contribution in [0.25, 0.3) is 0 Å². The third-order valence-electron chi connectivity index (χ3n) is 4.32. The summed E-state index contributed by atoms with van der Waals surface area (Å²) in [5.41, 5.74) is 4.23. The summed E-state index contributed by atoms with van der Waals surface area (Å²) in [4.78, 5) is 14.9. The monoisotopic (exact) mass is 355 g/mol. The topological polar surface area (TPSA) is 54.5 Å². The predicted molar refractivity (Wildman–Crippen MR) is 101 cm³/mol. The molecule has 1 atom stereocenters. The SMILES string of the molecule is Cc1cc(C)cc(N(C(=O)c2ccccc2C)[C@@H]2C=CS(=O)(=O)C2)c1. The zero-order chi connectivity index (χ0) is 18.2. The van der Waals surface area contributed by atoms with Crippen molar-refractivity contribution >= 4 is 21.4 Å². The van der Waals surface area contributed by atoms with Crippen molar-refractivity contribution in [3.05, 3.63) is 76.2 Å². The molecule has 1 aliphatic heterocycles. The van der Waals surface area contributed by atoms with Gasteiger partial charge in [-0.05, 0) is 61.7 Å². The van der Waals surface area contributed by atoms with Crippen LogP contribution in [0.1, 0.15) is 27.0 Å². The molecule has 0 radical (unpaired) electrons. The maximum Gasteiger partial charge on any atom is 0.259 e. The lowest BCUT2D eigenvalue weighted by molar-refractivity contribution is 0.0982. The Bertz CT molecular complexity index is 940. The largest absolute Gasteiger partial charge is 0.300 e. The maximum atomic E-state index is 13.3. The average Bonchev–Trinajstić information content (AvgIpc) is 2.86. The number of carbonyl (C=O) groups excluding carboxylic acids is 1. The van der Waals surface area contributed by atoms with Gasteiger partial charge in [-0.25, -0.2) is 8.42 Å². The van der Waals surface area contributed by atoms with Crippen molar-refractivity contribution in [2.24, 2.45) is 0 Å². The van der Waals surface area contributed by atoms with E-state index in [4.69, 9.17) is 0 Å². The van der Waals surface area contributed by atoms with E-state index in [-0.39, 0.29) is 11.7 Å². The Morgan fingerprint density at radius 2 is 1.68 bits per heavy atom. The van der Waals surface area contributed by atoms with Crippen molar-refractivity contribution in [1.82, 2.24) is 0 Å². The molecular formula is C20H21NO3S. The van der Waals surface area contributed by atoms with Gasteiger partial charge >= 0.3 is 0 Å². The second-order valence-electron chi connectivity index (χ2n) is 6.56. The van der Waals surface area contributed by atoms with E-state index in [0.717, 1.165) is 22.4 Å². The van der Waals surface area contributed by atoms with Gasteiger partial charge < -0.3 is 4.90 Å². The van der Waals surface area contributed by atoms with Crippen molar-refractivity contribution in [3.63, 3.8) is 0 Å². The highest BCUT2D eigenvalue weighted by Crippen LogP contribution is 2.27. The van der Waals surface area contributed by atoms with Crippen molar-refractivity contribution in [2.75, 3.05) is 10.7 Å². The molecule has 25 heavy (non-hydrogen) atoms. The highest BCUT2D eigenvalue weighted by molar-refractivity contribution is 7.94. The summed E-state index contributed by atoms with van der Waals surface area (Å²) in [6.07, 6.45) is 1.60. The number of benzene rings is 2. The van der Waals surface area contributed by atoms with E-state index in [2.05, 4.69) is 0 Å². The first-order valence-electron chi connectivity index (χ1n) is 8.15. The first-order valence-corrected chi connectivity index (χ1v) is 9.87. The van der Waals surface area contributed by atoms with Gasteiger partial charge in [0.05, 0.1) is 11.8 Å². The first-order chi connectivity index (χ1) is 11.8. The van der Waals surface area contributed by atoms with Gasteiger partial charge in [0.2, 0.25) is 0 Å². The molecule has 0 saturated heterocycles. The summed E-state index contributed by atoms with van der Waals surface area (Å²) >= 11 is 0. The smallest absolute Gasteiger partial charge is 0.259 e. The van der Waals surface area contributed by atoms with Crippen LogP contribution in [-0.2, 0) is 9.84 Å². The minimum Gasteiger partial charge on any atom is -0.300 e. The van der Waals surface area contributed by atoms with Gasteiger partial charge in [-0.1, -0.05) is 24.3 Å². The standard InChI is InChI=1S/C20H21NO3S/c1-14-10-15(2)12-18(11-14)21(17-8-9-25(23,24)13-17)20(22)19-7-5-4-6-16(19)3/h4-12,17H,13H2,1-3H3/t17-/m1/s1. The Kier molecular flexibility index (Phi) is 4.52. The molecule has 1 heterocycles. The zero-order valence-corrected chi connectivity index (χ0v) is 15.4. The summed E-state index contributed by atoms with van der Waals surface area (Å²) in [6.45, 7) is 5.82. The number of hydrogen-bond acceptors (Lipinski definition) is 3. The average molecular weight is 355 g/mol.